The minimum Gasteiger partial charge on any atom is -0.392 e. The Bertz CT molecular complexity index is 220. The van der Waals surface area contributed by atoms with E-state index in [0.717, 1.165) is 31.1 Å². The highest BCUT2D eigenvalue weighted by Gasteiger charge is 2.36. The van der Waals surface area contributed by atoms with E-state index in [0.29, 0.717) is 18.3 Å². The Hall–Kier alpha value is -0.630. The molecular formula is C10H14O2. The highest BCUT2D eigenvalue weighted by atomic mass is 16.3. The number of carbonyl (C=O) groups excluding carboxylic acids is 1. The summed E-state index contributed by atoms with van der Waals surface area (Å²) >= 11 is 0. The van der Waals surface area contributed by atoms with Crippen LogP contribution in [0.25, 0.3) is 0 Å². The molecule has 0 bridgehead atoms. The van der Waals surface area contributed by atoms with Crippen LogP contribution in [0.2, 0.25) is 0 Å². The van der Waals surface area contributed by atoms with Gasteiger partial charge in [-0.05, 0) is 36.7 Å². The number of fused-ring (bicyclic) bond motifs is 1. The molecule has 0 aromatic heterocycles. The number of aldehydes is 1. The first kappa shape index (κ1) is 7.99. The minimum atomic E-state index is -0.193. The third-order valence-corrected chi connectivity index (χ3v) is 3.22. The van der Waals surface area contributed by atoms with Crippen LogP contribution >= 0.6 is 0 Å². The Labute approximate surface area is 72.3 Å². The maximum absolute atomic E-state index is 10.7. The zero-order valence-corrected chi connectivity index (χ0v) is 7.07. The summed E-state index contributed by atoms with van der Waals surface area (Å²) in [6.07, 6.45) is 6.70. The summed E-state index contributed by atoms with van der Waals surface area (Å²) in [6.45, 7) is 0. The quantitative estimate of drug-likeness (QED) is 0.596. The maximum Gasteiger partial charge on any atom is 0.145 e. The smallest absolute Gasteiger partial charge is 0.145 e. The SMILES string of the molecule is O=CC1=CC[C@@H](O)[C@H]2CCC[C@@H]12. The first-order chi connectivity index (χ1) is 5.83. The van der Waals surface area contributed by atoms with Crippen molar-refractivity contribution in [2.75, 3.05) is 0 Å². The molecule has 3 atom stereocenters. The average Bonchev–Trinajstić information content (AvgIpc) is 2.54. The Morgan fingerprint density at radius 2 is 2.33 bits per heavy atom. The van der Waals surface area contributed by atoms with Crippen molar-refractivity contribution in [3.63, 3.8) is 0 Å². The molecule has 0 spiro atoms. The Morgan fingerprint density at radius 1 is 1.50 bits per heavy atom. The lowest BCUT2D eigenvalue weighted by atomic mass is 9.79. The van der Waals surface area contributed by atoms with E-state index < -0.39 is 0 Å². The Kier molecular flexibility index (Phi) is 2.01. The molecule has 2 heteroatoms. The summed E-state index contributed by atoms with van der Waals surface area (Å²) in [5.74, 6) is 0.737. The molecule has 0 radical (unpaired) electrons. The van der Waals surface area contributed by atoms with Crippen LogP contribution in [0.1, 0.15) is 25.7 Å². The van der Waals surface area contributed by atoms with Crippen LogP contribution in [-0.4, -0.2) is 17.5 Å². The molecule has 2 nitrogen and oxygen atoms in total. The summed E-state index contributed by atoms with van der Waals surface area (Å²) in [4.78, 5) is 10.7. The van der Waals surface area contributed by atoms with Crippen LogP contribution < -0.4 is 0 Å². The van der Waals surface area contributed by atoms with Crippen molar-refractivity contribution in [3.8, 4) is 0 Å². The molecule has 0 saturated heterocycles. The van der Waals surface area contributed by atoms with Gasteiger partial charge in [0.2, 0.25) is 0 Å². The molecule has 0 aliphatic heterocycles. The fourth-order valence-electron chi connectivity index (χ4n) is 2.58. The van der Waals surface area contributed by atoms with Gasteiger partial charge in [0.05, 0.1) is 6.10 Å². The normalized spacial score (nSPS) is 40.4. The number of aliphatic hydroxyl groups excluding tert-OH is 1. The summed E-state index contributed by atoms with van der Waals surface area (Å²) < 4.78 is 0. The number of hydrogen-bond acceptors (Lipinski definition) is 2. The first-order valence-corrected chi connectivity index (χ1v) is 4.66. The Morgan fingerprint density at radius 3 is 3.08 bits per heavy atom. The third-order valence-electron chi connectivity index (χ3n) is 3.22. The van der Waals surface area contributed by atoms with Crippen molar-refractivity contribution in [2.24, 2.45) is 11.8 Å². The van der Waals surface area contributed by atoms with Crippen LogP contribution in [0.15, 0.2) is 11.6 Å². The van der Waals surface area contributed by atoms with Crippen LogP contribution in [0.4, 0.5) is 0 Å². The molecule has 0 heterocycles. The predicted octanol–water partition coefficient (Wildman–Crippen LogP) is 1.29. The molecule has 2 aliphatic carbocycles. The summed E-state index contributed by atoms with van der Waals surface area (Å²) in [6, 6.07) is 0. The van der Waals surface area contributed by atoms with Gasteiger partial charge in [0.1, 0.15) is 6.29 Å². The summed E-state index contributed by atoms with van der Waals surface area (Å²) in [5.41, 5.74) is 0.933. The highest BCUT2D eigenvalue weighted by molar-refractivity contribution is 5.74. The highest BCUT2D eigenvalue weighted by Crippen LogP contribution is 2.42. The lowest BCUT2D eigenvalue weighted by Gasteiger charge is -2.28. The van der Waals surface area contributed by atoms with Crippen molar-refractivity contribution in [1.29, 1.82) is 0 Å². The average molecular weight is 166 g/mol. The maximum atomic E-state index is 10.7. The zero-order chi connectivity index (χ0) is 8.55. The molecule has 1 N–H and O–H groups in total. The van der Waals surface area contributed by atoms with Crippen molar-refractivity contribution in [3.05, 3.63) is 11.6 Å². The molecule has 0 aromatic carbocycles. The van der Waals surface area contributed by atoms with E-state index in [-0.39, 0.29) is 6.10 Å². The topological polar surface area (TPSA) is 37.3 Å². The minimum absolute atomic E-state index is 0.193. The van der Waals surface area contributed by atoms with E-state index in [4.69, 9.17) is 0 Å². The van der Waals surface area contributed by atoms with Crippen molar-refractivity contribution < 1.29 is 9.90 Å². The van der Waals surface area contributed by atoms with Gasteiger partial charge < -0.3 is 5.11 Å². The molecular weight excluding hydrogens is 152 g/mol. The van der Waals surface area contributed by atoms with Gasteiger partial charge in [-0.25, -0.2) is 0 Å². The largest absolute Gasteiger partial charge is 0.392 e. The van der Waals surface area contributed by atoms with Crippen LogP contribution in [0, 0.1) is 11.8 Å². The van der Waals surface area contributed by atoms with E-state index >= 15 is 0 Å². The van der Waals surface area contributed by atoms with Gasteiger partial charge in [0.25, 0.3) is 0 Å². The molecule has 2 aliphatic rings. The second-order valence-corrected chi connectivity index (χ2v) is 3.83. The van der Waals surface area contributed by atoms with E-state index in [1.807, 2.05) is 6.08 Å². The van der Waals surface area contributed by atoms with Crippen LogP contribution in [0.5, 0.6) is 0 Å². The number of hydrogen-bond donors (Lipinski definition) is 1. The molecule has 12 heavy (non-hydrogen) atoms. The van der Waals surface area contributed by atoms with Gasteiger partial charge in [0, 0.05) is 0 Å². The van der Waals surface area contributed by atoms with Gasteiger partial charge in [-0.1, -0.05) is 12.5 Å². The first-order valence-electron chi connectivity index (χ1n) is 4.66. The van der Waals surface area contributed by atoms with E-state index in [9.17, 15) is 9.90 Å². The lowest BCUT2D eigenvalue weighted by molar-refractivity contribution is -0.105. The zero-order valence-electron chi connectivity index (χ0n) is 7.07. The number of rotatable bonds is 1. The monoisotopic (exact) mass is 166 g/mol. The molecule has 0 aromatic rings. The third kappa shape index (κ3) is 1.11. The standard InChI is InChI=1S/C10H14O2/c11-6-7-4-5-10(12)9-3-1-2-8(7)9/h4,6,8-10,12H,1-3,5H2/t8-,9-,10+/m0/s1. The van der Waals surface area contributed by atoms with Crippen molar-refractivity contribution in [2.45, 2.75) is 31.8 Å². The second kappa shape index (κ2) is 3.02. The second-order valence-electron chi connectivity index (χ2n) is 3.83. The van der Waals surface area contributed by atoms with E-state index in [1.54, 1.807) is 0 Å². The number of carbonyl (C=O) groups is 1. The van der Waals surface area contributed by atoms with Crippen LogP contribution in [0.3, 0.4) is 0 Å². The van der Waals surface area contributed by atoms with E-state index in [1.165, 1.54) is 0 Å². The van der Waals surface area contributed by atoms with Crippen LogP contribution in [-0.2, 0) is 4.79 Å². The fourth-order valence-corrected chi connectivity index (χ4v) is 2.58. The van der Waals surface area contributed by atoms with Gasteiger partial charge in [-0.3, -0.25) is 4.79 Å². The van der Waals surface area contributed by atoms with E-state index in [2.05, 4.69) is 0 Å². The molecule has 2 rings (SSSR count). The van der Waals surface area contributed by atoms with Gasteiger partial charge in [0.15, 0.2) is 0 Å². The summed E-state index contributed by atoms with van der Waals surface area (Å²) in [7, 11) is 0. The number of aliphatic hydroxyl groups is 1. The lowest BCUT2D eigenvalue weighted by Crippen LogP contribution is -2.28. The van der Waals surface area contributed by atoms with Gasteiger partial charge in [-0.15, -0.1) is 0 Å². The van der Waals surface area contributed by atoms with Gasteiger partial charge >= 0.3 is 0 Å². The number of allylic oxidation sites excluding steroid dienone is 1. The molecule has 1 saturated carbocycles. The Balaban J connectivity index is 2.23. The molecule has 0 amide bonds. The molecule has 1 fully saturated rings. The molecule has 0 unspecified atom stereocenters. The van der Waals surface area contributed by atoms with Crippen molar-refractivity contribution >= 4 is 6.29 Å². The van der Waals surface area contributed by atoms with Crippen molar-refractivity contribution in [1.82, 2.24) is 0 Å². The predicted molar refractivity (Wildman–Crippen MR) is 45.6 cm³/mol. The molecule has 66 valence electrons. The summed E-state index contributed by atoms with van der Waals surface area (Å²) in [5, 5.41) is 9.63. The van der Waals surface area contributed by atoms with Gasteiger partial charge in [-0.2, -0.15) is 0 Å². The fraction of sp³-hybridized carbons (Fsp3) is 0.700.